The number of carboxylic acids is 1. The second-order valence-electron chi connectivity index (χ2n) is 4.92. The van der Waals surface area contributed by atoms with Crippen LogP contribution in [-0.2, 0) is 11.2 Å². The van der Waals surface area contributed by atoms with Crippen molar-refractivity contribution in [3.8, 4) is 0 Å². The Morgan fingerprint density at radius 2 is 1.82 bits per heavy atom. The molecule has 2 rings (SSSR count). The van der Waals surface area contributed by atoms with Gasteiger partial charge in [-0.15, -0.1) is 0 Å². The van der Waals surface area contributed by atoms with Crippen molar-refractivity contribution >= 4 is 5.97 Å². The molecule has 1 aliphatic rings. The molecule has 0 spiro atoms. The first-order valence-corrected chi connectivity index (χ1v) is 6.35. The minimum atomic E-state index is -0.716. The number of aryl methyl sites for hydroxylation is 2. The molecule has 2 heteroatoms. The Hall–Kier alpha value is -1.31. The molecule has 0 amide bonds. The lowest BCUT2D eigenvalue weighted by Crippen LogP contribution is -1.95. The van der Waals surface area contributed by atoms with Crippen molar-refractivity contribution in [2.24, 2.45) is 5.92 Å². The molecule has 0 aromatic heterocycles. The summed E-state index contributed by atoms with van der Waals surface area (Å²) in [5.74, 6) is 0.368. The summed E-state index contributed by atoms with van der Waals surface area (Å²) in [5.41, 5.74) is 2.45. The molecule has 1 fully saturated rings. The summed E-state index contributed by atoms with van der Waals surface area (Å²) in [6.45, 7) is 4.32. The third-order valence-corrected chi connectivity index (χ3v) is 2.84. The van der Waals surface area contributed by atoms with Crippen LogP contribution in [-0.4, -0.2) is 11.1 Å². The van der Waals surface area contributed by atoms with E-state index < -0.39 is 5.97 Å². The largest absolute Gasteiger partial charge is 0.481 e. The number of hydrogen-bond acceptors (Lipinski definition) is 1. The molecule has 0 radical (unpaired) electrons. The van der Waals surface area contributed by atoms with Gasteiger partial charge in [0.1, 0.15) is 0 Å². The van der Waals surface area contributed by atoms with Crippen LogP contribution in [0.15, 0.2) is 24.3 Å². The number of hydrogen-bond donors (Lipinski definition) is 1. The van der Waals surface area contributed by atoms with Crippen LogP contribution in [0.25, 0.3) is 0 Å². The smallest absolute Gasteiger partial charge is 0.303 e. The Bertz CT molecular complexity index is 336. The fourth-order valence-corrected chi connectivity index (χ4v) is 1.37. The Balaban J connectivity index is 0.000000302. The normalized spacial score (nSPS) is 13.8. The maximum atomic E-state index is 10.2. The van der Waals surface area contributed by atoms with Crippen LogP contribution < -0.4 is 0 Å². The molecule has 1 saturated carbocycles. The zero-order chi connectivity index (χ0) is 12.7. The quantitative estimate of drug-likeness (QED) is 0.860. The first-order valence-electron chi connectivity index (χ1n) is 6.35. The summed E-state index contributed by atoms with van der Waals surface area (Å²) in [5, 5.41) is 8.44. The van der Waals surface area contributed by atoms with Gasteiger partial charge in [-0.1, -0.05) is 49.6 Å². The van der Waals surface area contributed by atoms with Crippen LogP contribution in [0.3, 0.4) is 0 Å². The lowest BCUT2D eigenvalue weighted by Gasteiger charge is -1.99. The van der Waals surface area contributed by atoms with Gasteiger partial charge in [0.2, 0.25) is 0 Å². The molecule has 0 bridgehead atoms. The number of aliphatic carboxylic acids is 1. The van der Waals surface area contributed by atoms with E-state index >= 15 is 0 Å². The maximum absolute atomic E-state index is 10.2. The summed E-state index contributed by atoms with van der Waals surface area (Å²) in [6, 6.07) is 8.21. The summed E-state index contributed by atoms with van der Waals surface area (Å²) in [6.07, 6.45) is 4.80. The van der Waals surface area contributed by atoms with E-state index in [1.165, 1.54) is 24.0 Å². The lowest BCUT2D eigenvalue weighted by atomic mass is 10.1. The van der Waals surface area contributed by atoms with E-state index in [9.17, 15) is 4.79 Å². The molecular formula is C15H22O2. The average Bonchev–Trinajstić information content (AvgIpc) is 3.04. The van der Waals surface area contributed by atoms with Gasteiger partial charge in [0.15, 0.2) is 0 Å². The van der Waals surface area contributed by atoms with Crippen molar-refractivity contribution in [3.05, 3.63) is 35.4 Å². The number of rotatable bonds is 4. The van der Waals surface area contributed by atoms with Crippen molar-refractivity contribution in [1.29, 1.82) is 0 Å². The SMILES string of the molecule is CC1CC1.Cc1ccc(CCCC(=O)O)cc1. The second kappa shape index (κ2) is 7.10. The van der Waals surface area contributed by atoms with E-state index in [0.717, 1.165) is 18.8 Å². The van der Waals surface area contributed by atoms with Gasteiger partial charge in [-0.05, 0) is 31.2 Å². The van der Waals surface area contributed by atoms with Gasteiger partial charge in [-0.3, -0.25) is 4.79 Å². The molecule has 0 unspecified atom stereocenters. The number of carboxylic acid groups (broad SMARTS) is 1. The highest BCUT2D eigenvalue weighted by Gasteiger charge is 2.12. The van der Waals surface area contributed by atoms with Crippen molar-refractivity contribution in [3.63, 3.8) is 0 Å². The van der Waals surface area contributed by atoms with E-state index in [2.05, 4.69) is 31.2 Å². The predicted octanol–water partition coefficient (Wildman–Crippen LogP) is 3.82. The molecule has 17 heavy (non-hydrogen) atoms. The Morgan fingerprint density at radius 3 is 2.24 bits per heavy atom. The fourth-order valence-electron chi connectivity index (χ4n) is 1.37. The van der Waals surface area contributed by atoms with Crippen LogP contribution in [0, 0.1) is 12.8 Å². The highest BCUT2D eigenvalue weighted by Crippen LogP contribution is 2.26. The van der Waals surface area contributed by atoms with E-state index in [0.29, 0.717) is 0 Å². The van der Waals surface area contributed by atoms with Gasteiger partial charge in [0, 0.05) is 6.42 Å². The van der Waals surface area contributed by atoms with Gasteiger partial charge in [0.25, 0.3) is 0 Å². The molecule has 1 aromatic rings. The topological polar surface area (TPSA) is 37.3 Å². The standard InChI is InChI=1S/C11H14O2.C4H8/c1-9-5-7-10(8-6-9)3-2-4-11(12)13;1-4-2-3-4/h5-8H,2-4H2,1H3,(H,12,13);4H,2-3H2,1H3. The Morgan fingerprint density at radius 1 is 1.29 bits per heavy atom. The van der Waals surface area contributed by atoms with Gasteiger partial charge in [-0.2, -0.15) is 0 Å². The van der Waals surface area contributed by atoms with E-state index in [1.54, 1.807) is 0 Å². The summed E-state index contributed by atoms with van der Waals surface area (Å²) >= 11 is 0. The molecule has 1 N–H and O–H groups in total. The second-order valence-corrected chi connectivity index (χ2v) is 4.92. The van der Waals surface area contributed by atoms with Gasteiger partial charge >= 0.3 is 5.97 Å². The Labute approximate surface area is 104 Å². The van der Waals surface area contributed by atoms with E-state index in [1.807, 2.05) is 6.92 Å². The van der Waals surface area contributed by atoms with E-state index in [4.69, 9.17) is 5.11 Å². The van der Waals surface area contributed by atoms with Gasteiger partial charge in [-0.25, -0.2) is 0 Å². The minimum absolute atomic E-state index is 0.258. The average molecular weight is 234 g/mol. The molecule has 0 aliphatic heterocycles. The molecular weight excluding hydrogens is 212 g/mol. The summed E-state index contributed by atoms with van der Waals surface area (Å²) in [7, 11) is 0. The zero-order valence-corrected chi connectivity index (χ0v) is 10.8. The van der Waals surface area contributed by atoms with E-state index in [-0.39, 0.29) is 6.42 Å². The molecule has 0 atom stereocenters. The number of carbonyl (C=O) groups is 1. The predicted molar refractivity (Wildman–Crippen MR) is 70.2 cm³/mol. The molecule has 1 aliphatic carbocycles. The third kappa shape index (κ3) is 7.56. The third-order valence-electron chi connectivity index (χ3n) is 2.84. The first-order chi connectivity index (χ1) is 8.08. The van der Waals surface area contributed by atoms with Crippen LogP contribution in [0.5, 0.6) is 0 Å². The molecule has 1 aromatic carbocycles. The summed E-state index contributed by atoms with van der Waals surface area (Å²) in [4.78, 5) is 10.2. The van der Waals surface area contributed by atoms with Crippen molar-refractivity contribution in [1.82, 2.24) is 0 Å². The first kappa shape index (κ1) is 13.8. The fraction of sp³-hybridized carbons (Fsp3) is 0.533. The van der Waals surface area contributed by atoms with Gasteiger partial charge in [0.05, 0.1) is 0 Å². The lowest BCUT2D eigenvalue weighted by molar-refractivity contribution is -0.137. The highest BCUT2D eigenvalue weighted by atomic mass is 16.4. The minimum Gasteiger partial charge on any atom is -0.481 e. The van der Waals surface area contributed by atoms with Crippen LogP contribution in [0.1, 0.15) is 43.7 Å². The van der Waals surface area contributed by atoms with Gasteiger partial charge < -0.3 is 5.11 Å². The number of benzene rings is 1. The Kier molecular flexibility index (Phi) is 5.75. The van der Waals surface area contributed by atoms with Crippen LogP contribution in [0.2, 0.25) is 0 Å². The molecule has 94 valence electrons. The summed E-state index contributed by atoms with van der Waals surface area (Å²) < 4.78 is 0. The van der Waals surface area contributed by atoms with Crippen molar-refractivity contribution in [2.45, 2.75) is 46.0 Å². The van der Waals surface area contributed by atoms with Crippen molar-refractivity contribution in [2.75, 3.05) is 0 Å². The van der Waals surface area contributed by atoms with Crippen LogP contribution >= 0.6 is 0 Å². The molecule has 0 saturated heterocycles. The van der Waals surface area contributed by atoms with Crippen molar-refractivity contribution < 1.29 is 9.90 Å². The maximum Gasteiger partial charge on any atom is 0.303 e. The molecule has 2 nitrogen and oxygen atoms in total. The molecule has 0 heterocycles. The van der Waals surface area contributed by atoms with Crippen LogP contribution in [0.4, 0.5) is 0 Å². The zero-order valence-electron chi connectivity index (χ0n) is 10.8. The monoisotopic (exact) mass is 234 g/mol. The highest BCUT2D eigenvalue weighted by molar-refractivity contribution is 5.66.